The lowest BCUT2D eigenvalue weighted by Crippen LogP contribution is -2.34. The molecule has 124 valence electrons. The third-order valence-corrected chi connectivity index (χ3v) is 5.99. The fourth-order valence-corrected chi connectivity index (χ4v) is 4.57. The summed E-state index contributed by atoms with van der Waals surface area (Å²) in [6.45, 7) is 0.346. The molecule has 3 rings (SSSR count). The summed E-state index contributed by atoms with van der Waals surface area (Å²) >= 11 is 0. The lowest BCUT2D eigenvalue weighted by Gasteiger charge is -2.22. The Morgan fingerprint density at radius 2 is 2.13 bits per heavy atom. The number of aryl methyl sites for hydroxylation is 1. The van der Waals surface area contributed by atoms with Crippen LogP contribution in [0.15, 0.2) is 36.7 Å². The minimum Gasteiger partial charge on any atom is -0.380 e. The first-order valence-electron chi connectivity index (χ1n) is 7.51. The van der Waals surface area contributed by atoms with Crippen LogP contribution in [0.25, 0.3) is 0 Å². The van der Waals surface area contributed by atoms with Crippen LogP contribution in [0.2, 0.25) is 0 Å². The molecule has 23 heavy (non-hydrogen) atoms. The van der Waals surface area contributed by atoms with Crippen molar-refractivity contribution >= 4 is 10.0 Å². The predicted molar refractivity (Wildman–Crippen MR) is 85.2 cm³/mol. The molecule has 0 unspecified atom stereocenters. The summed E-state index contributed by atoms with van der Waals surface area (Å²) < 4.78 is 32.4. The first-order chi connectivity index (χ1) is 11.1. The van der Waals surface area contributed by atoms with E-state index in [9.17, 15) is 8.42 Å². The van der Waals surface area contributed by atoms with Crippen LogP contribution in [0.5, 0.6) is 0 Å². The summed E-state index contributed by atoms with van der Waals surface area (Å²) in [5.41, 5.74) is 1.01. The summed E-state index contributed by atoms with van der Waals surface area (Å²) in [4.78, 5) is 4.12. The van der Waals surface area contributed by atoms with Crippen LogP contribution < -0.4 is 0 Å². The maximum absolute atomic E-state index is 12.8. The summed E-state index contributed by atoms with van der Waals surface area (Å²) in [6, 6.07) is 9.27. The Kier molecular flexibility index (Phi) is 4.74. The minimum atomic E-state index is -3.41. The van der Waals surface area contributed by atoms with Crippen LogP contribution >= 0.6 is 0 Å². The van der Waals surface area contributed by atoms with Crippen LogP contribution in [-0.2, 0) is 21.2 Å². The molecule has 1 aromatic carbocycles. The molecule has 1 fully saturated rings. The van der Waals surface area contributed by atoms with Gasteiger partial charge in [0.25, 0.3) is 0 Å². The number of ether oxygens (including phenoxy) is 1. The molecule has 0 aliphatic carbocycles. The molecule has 2 atom stereocenters. The highest BCUT2D eigenvalue weighted by Crippen LogP contribution is 2.33. The zero-order chi connectivity index (χ0) is 16.3. The maximum atomic E-state index is 12.8. The molecule has 1 aliphatic rings. The molecule has 0 spiro atoms. The van der Waals surface area contributed by atoms with E-state index in [2.05, 4.69) is 15.2 Å². The monoisotopic (exact) mass is 336 g/mol. The Labute approximate surface area is 135 Å². The normalized spacial score (nSPS) is 22.5. The van der Waals surface area contributed by atoms with E-state index < -0.39 is 10.0 Å². The van der Waals surface area contributed by atoms with Crippen molar-refractivity contribution < 1.29 is 13.2 Å². The van der Waals surface area contributed by atoms with E-state index in [-0.39, 0.29) is 17.9 Å². The molecular formula is C15H20N4O3S. The number of hydrogen-bond acceptors (Lipinski definition) is 5. The van der Waals surface area contributed by atoms with E-state index in [1.54, 1.807) is 7.11 Å². The zero-order valence-corrected chi connectivity index (χ0v) is 13.7. The van der Waals surface area contributed by atoms with Gasteiger partial charge in [0, 0.05) is 13.7 Å². The molecule has 2 aromatic rings. The highest BCUT2D eigenvalue weighted by Gasteiger charge is 2.41. The van der Waals surface area contributed by atoms with Crippen molar-refractivity contribution in [1.29, 1.82) is 0 Å². The number of H-pyrrole nitrogens is 1. The van der Waals surface area contributed by atoms with Gasteiger partial charge in [-0.25, -0.2) is 13.4 Å². The number of sulfonamides is 1. The van der Waals surface area contributed by atoms with E-state index >= 15 is 0 Å². The van der Waals surface area contributed by atoms with Gasteiger partial charge in [-0.15, -0.1) is 0 Å². The van der Waals surface area contributed by atoms with E-state index in [1.807, 2.05) is 30.3 Å². The Morgan fingerprint density at radius 3 is 2.78 bits per heavy atom. The van der Waals surface area contributed by atoms with Crippen molar-refractivity contribution in [2.45, 2.75) is 25.0 Å². The molecule has 1 aromatic heterocycles. The summed E-state index contributed by atoms with van der Waals surface area (Å²) in [5, 5.41) is 6.61. The predicted octanol–water partition coefficient (Wildman–Crippen LogP) is 1.14. The van der Waals surface area contributed by atoms with Gasteiger partial charge < -0.3 is 4.74 Å². The number of nitrogens with one attached hydrogen (secondary N) is 1. The van der Waals surface area contributed by atoms with Crippen molar-refractivity contribution in [2.75, 3.05) is 19.4 Å². The Bertz CT molecular complexity index is 718. The summed E-state index contributed by atoms with van der Waals surface area (Å²) in [7, 11) is -1.81. The first kappa shape index (κ1) is 16.1. The topological polar surface area (TPSA) is 88.2 Å². The van der Waals surface area contributed by atoms with Crippen LogP contribution in [0.4, 0.5) is 0 Å². The second-order valence-corrected chi connectivity index (χ2v) is 7.64. The van der Waals surface area contributed by atoms with Gasteiger partial charge in [-0.1, -0.05) is 30.3 Å². The standard InChI is InChI=1S/C15H20N4O3S/c1-22-13-9-14(15-16-11-17-18-15)19(10-13)23(20,21)8-7-12-5-3-2-4-6-12/h2-6,11,13-14H,7-10H2,1H3,(H,16,17,18)/t13-,14+/m1/s1. The highest BCUT2D eigenvalue weighted by atomic mass is 32.2. The third-order valence-electron chi connectivity index (χ3n) is 4.15. The number of benzene rings is 1. The minimum absolute atomic E-state index is 0.0675. The molecule has 2 heterocycles. The fraction of sp³-hybridized carbons (Fsp3) is 0.467. The highest BCUT2D eigenvalue weighted by molar-refractivity contribution is 7.89. The van der Waals surface area contributed by atoms with Gasteiger partial charge in [0.1, 0.15) is 12.2 Å². The fourth-order valence-electron chi connectivity index (χ4n) is 2.88. The smallest absolute Gasteiger partial charge is 0.215 e. The van der Waals surface area contributed by atoms with Crippen LogP contribution in [0.1, 0.15) is 23.9 Å². The number of methoxy groups -OCH3 is 1. The second-order valence-electron chi connectivity index (χ2n) is 5.60. The van der Waals surface area contributed by atoms with Crippen molar-refractivity contribution in [3.63, 3.8) is 0 Å². The van der Waals surface area contributed by atoms with E-state index in [4.69, 9.17) is 4.74 Å². The van der Waals surface area contributed by atoms with Crippen LogP contribution in [0.3, 0.4) is 0 Å². The number of aromatic nitrogens is 3. The molecule has 7 nitrogen and oxygen atoms in total. The van der Waals surface area contributed by atoms with Gasteiger partial charge in [0.15, 0.2) is 0 Å². The molecule has 1 aliphatic heterocycles. The van der Waals surface area contributed by atoms with Crippen LogP contribution in [0, 0.1) is 0 Å². The molecule has 8 heteroatoms. The van der Waals surface area contributed by atoms with E-state index in [0.29, 0.717) is 25.2 Å². The summed E-state index contributed by atoms with van der Waals surface area (Å²) in [5.74, 6) is 0.630. The molecule has 0 saturated carbocycles. The molecular weight excluding hydrogens is 316 g/mol. The number of rotatable bonds is 6. The number of aromatic amines is 1. The molecule has 0 amide bonds. The summed E-state index contributed by atoms with van der Waals surface area (Å²) in [6.07, 6.45) is 2.33. The number of hydrogen-bond donors (Lipinski definition) is 1. The van der Waals surface area contributed by atoms with Crippen molar-refractivity contribution in [1.82, 2.24) is 19.5 Å². The first-order valence-corrected chi connectivity index (χ1v) is 9.12. The van der Waals surface area contributed by atoms with E-state index in [0.717, 1.165) is 5.56 Å². The third kappa shape index (κ3) is 3.60. The molecule has 0 radical (unpaired) electrons. The lowest BCUT2D eigenvalue weighted by atomic mass is 10.2. The average Bonchev–Trinajstić information content (AvgIpc) is 3.23. The van der Waals surface area contributed by atoms with E-state index in [1.165, 1.54) is 10.6 Å². The zero-order valence-electron chi connectivity index (χ0n) is 12.9. The quantitative estimate of drug-likeness (QED) is 0.854. The maximum Gasteiger partial charge on any atom is 0.215 e. The average molecular weight is 336 g/mol. The van der Waals surface area contributed by atoms with Gasteiger partial charge >= 0.3 is 0 Å². The van der Waals surface area contributed by atoms with Gasteiger partial charge in [0.2, 0.25) is 10.0 Å². The molecule has 1 N–H and O–H groups in total. The van der Waals surface area contributed by atoms with Gasteiger partial charge in [-0.3, -0.25) is 5.10 Å². The SMILES string of the molecule is CO[C@@H]1C[C@@H](c2ncn[nH]2)N(S(=O)(=O)CCc2ccccc2)C1. The molecule has 1 saturated heterocycles. The molecule has 0 bridgehead atoms. The van der Waals surface area contributed by atoms with Crippen molar-refractivity contribution in [3.05, 3.63) is 48.0 Å². The lowest BCUT2D eigenvalue weighted by molar-refractivity contribution is 0.114. The Morgan fingerprint density at radius 1 is 1.35 bits per heavy atom. The Hall–Kier alpha value is -1.77. The van der Waals surface area contributed by atoms with Crippen molar-refractivity contribution in [3.8, 4) is 0 Å². The van der Waals surface area contributed by atoms with Gasteiger partial charge in [-0.05, 0) is 18.4 Å². The van der Waals surface area contributed by atoms with Crippen molar-refractivity contribution in [2.24, 2.45) is 0 Å². The van der Waals surface area contributed by atoms with Crippen LogP contribution in [-0.4, -0.2) is 53.4 Å². The number of nitrogens with zero attached hydrogens (tertiary/aromatic N) is 3. The Balaban J connectivity index is 1.76. The second kappa shape index (κ2) is 6.77. The van der Waals surface area contributed by atoms with Gasteiger partial charge in [0.05, 0.1) is 17.9 Å². The largest absolute Gasteiger partial charge is 0.380 e. The van der Waals surface area contributed by atoms with Gasteiger partial charge in [-0.2, -0.15) is 9.40 Å².